The van der Waals surface area contributed by atoms with Gasteiger partial charge in [0.15, 0.2) is 0 Å². The number of hydrogen-bond acceptors (Lipinski definition) is 3. The lowest BCUT2D eigenvalue weighted by Crippen LogP contribution is -2.32. The smallest absolute Gasteiger partial charge is 0.220 e. The molecule has 0 aromatic heterocycles. The van der Waals surface area contributed by atoms with Crippen molar-refractivity contribution in [1.82, 2.24) is 10.6 Å². The molecule has 4 rings (SSSR count). The molecule has 2 atom stereocenters. The number of para-hydroxylation sites is 1. The molecule has 136 valence electrons. The van der Waals surface area contributed by atoms with E-state index in [4.69, 9.17) is 4.74 Å². The van der Waals surface area contributed by atoms with Crippen molar-refractivity contribution < 1.29 is 9.53 Å². The van der Waals surface area contributed by atoms with E-state index in [1.165, 1.54) is 6.42 Å². The summed E-state index contributed by atoms with van der Waals surface area (Å²) in [6.07, 6.45) is 3.59. The molecule has 4 nitrogen and oxygen atoms in total. The average Bonchev–Trinajstić information content (AvgIpc) is 3.21. The van der Waals surface area contributed by atoms with Crippen molar-refractivity contribution in [3.63, 3.8) is 0 Å². The number of benzene rings is 2. The van der Waals surface area contributed by atoms with Gasteiger partial charge >= 0.3 is 0 Å². The fourth-order valence-corrected chi connectivity index (χ4v) is 3.98. The Kier molecular flexibility index (Phi) is 5.21. The predicted molar refractivity (Wildman–Crippen MR) is 103 cm³/mol. The van der Waals surface area contributed by atoms with Crippen LogP contribution in [0, 0.1) is 5.92 Å². The Morgan fingerprint density at radius 3 is 2.81 bits per heavy atom. The highest BCUT2D eigenvalue weighted by atomic mass is 16.5. The molecule has 2 aliphatic rings. The van der Waals surface area contributed by atoms with Crippen LogP contribution in [0.5, 0.6) is 5.75 Å². The second kappa shape index (κ2) is 7.92. The summed E-state index contributed by atoms with van der Waals surface area (Å²) in [5.74, 6) is 1.71. The van der Waals surface area contributed by atoms with Crippen LogP contribution in [0.25, 0.3) is 11.1 Å². The van der Waals surface area contributed by atoms with Gasteiger partial charge in [0, 0.05) is 24.0 Å². The topological polar surface area (TPSA) is 50.4 Å². The van der Waals surface area contributed by atoms with Crippen LogP contribution in [0.1, 0.15) is 37.3 Å². The summed E-state index contributed by atoms with van der Waals surface area (Å²) in [6.45, 7) is 2.77. The van der Waals surface area contributed by atoms with Crippen LogP contribution in [0.3, 0.4) is 0 Å². The average molecular weight is 350 g/mol. The molecule has 1 amide bonds. The zero-order valence-electron chi connectivity index (χ0n) is 15.0. The fourth-order valence-electron chi connectivity index (χ4n) is 3.98. The summed E-state index contributed by atoms with van der Waals surface area (Å²) in [7, 11) is 0. The van der Waals surface area contributed by atoms with Crippen molar-refractivity contribution in [1.29, 1.82) is 0 Å². The van der Waals surface area contributed by atoms with E-state index in [-0.39, 0.29) is 11.9 Å². The second-order valence-electron chi connectivity index (χ2n) is 7.24. The van der Waals surface area contributed by atoms with Gasteiger partial charge in [0.1, 0.15) is 5.75 Å². The summed E-state index contributed by atoms with van der Waals surface area (Å²) in [6, 6.07) is 16.5. The van der Waals surface area contributed by atoms with Crippen LogP contribution >= 0.6 is 0 Å². The molecule has 2 aliphatic heterocycles. The Bertz CT molecular complexity index is 754. The molecule has 2 unspecified atom stereocenters. The van der Waals surface area contributed by atoms with E-state index in [9.17, 15) is 4.79 Å². The van der Waals surface area contributed by atoms with E-state index in [1.807, 2.05) is 18.2 Å². The standard InChI is InChI=1S/C22H26N2O2/c25-21(10-9-16-11-13-23-15-16)24-20-12-14-26-22-18(7-4-8-19(20)22)17-5-2-1-3-6-17/h1-8,16,20,23H,9-15H2,(H,24,25). The molecule has 0 radical (unpaired) electrons. The Labute approximate surface area is 155 Å². The van der Waals surface area contributed by atoms with Gasteiger partial charge in [-0.15, -0.1) is 0 Å². The van der Waals surface area contributed by atoms with E-state index in [0.29, 0.717) is 18.9 Å². The molecule has 0 bridgehead atoms. The Morgan fingerprint density at radius 1 is 1.12 bits per heavy atom. The number of rotatable bonds is 5. The zero-order chi connectivity index (χ0) is 17.8. The van der Waals surface area contributed by atoms with Crippen molar-refractivity contribution in [2.75, 3.05) is 19.7 Å². The highest BCUT2D eigenvalue weighted by Crippen LogP contribution is 2.40. The fraction of sp³-hybridized carbons (Fsp3) is 0.409. The first-order valence-corrected chi connectivity index (χ1v) is 9.62. The number of nitrogens with one attached hydrogen (secondary N) is 2. The Balaban J connectivity index is 1.48. The summed E-state index contributed by atoms with van der Waals surface area (Å²) in [5, 5.41) is 6.60. The highest BCUT2D eigenvalue weighted by Gasteiger charge is 2.25. The molecule has 26 heavy (non-hydrogen) atoms. The van der Waals surface area contributed by atoms with Gasteiger partial charge in [-0.25, -0.2) is 0 Å². The van der Waals surface area contributed by atoms with Gasteiger partial charge in [-0.05, 0) is 37.4 Å². The SMILES string of the molecule is O=C(CCC1CCNC1)NC1CCOc2c(-c3ccccc3)cccc21. The van der Waals surface area contributed by atoms with Crippen molar-refractivity contribution in [2.24, 2.45) is 5.92 Å². The lowest BCUT2D eigenvalue weighted by molar-refractivity contribution is -0.122. The van der Waals surface area contributed by atoms with Gasteiger partial charge in [0.05, 0.1) is 12.6 Å². The number of fused-ring (bicyclic) bond motifs is 1. The van der Waals surface area contributed by atoms with Gasteiger partial charge in [-0.1, -0.05) is 48.5 Å². The lowest BCUT2D eigenvalue weighted by atomic mass is 9.94. The predicted octanol–water partition coefficient (Wildman–Crippen LogP) is 3.68. The molecule has 1 fully saturated rings. The Hall–Kier alpha value is -2.33. The number of amides is 1. The van der Waals surface area contributed by atoms with Crippen molar-refractivity contribution in [3.8, 4) is 16.9 Å². The van der Waals surface area contributed by atoms with Gasteiger partial charge in [-0.3, -0.25) is 4.79 Å². The minimum absolute atomic E-state index is 0.0385. The van der Waals surface area contributed by atoms with Gasteiger partial charge < -0.3 is 15.4 Å². The third-order valence-electron chi connectivity index (χ3n) is 5.44. The Morgan fingerprint density at radius 2 is 2.00 bits per heavy atom. The lowest BCUT2D eigenvalue weighted by Gasteiger charge is -2.28. The number of carbonyl (C=O) groups excluding carboxylic acids is 1. The number of ether oxygens (including phenoxy) is 1. The minimum Gasteiger partial charge on any atom is -0.492 e. The van der Waals surface area contributed by atoms with Crippen molar-refractivity contribution in [3.05, 3.63) is 54.1 Å². The van der Waals surface area contributed by atoms with Gasteiger partial charge in [0.25, 0.3) is 0 Å². The normalized spacial score (nSPS) is 21.7. The molecule has 2 aromatic carbocycles. The third kappa shape index (κ3) is 3.75. The second-order valence-corrected chi connectivity index (χ2v) is 7.24. The van der Waals surface area contributed by atoms with Crippen molar-refractivity contribution >= 4 is 5.91 Å². The summed E-state index contributed by atoms with van der Waals surface area (Å²) >= 11 is 0. The van der Waals surface area contributed by atoms with Gasteiger partial charge in [-0.2, -0.15) is 0 Å². The third-order valence-corrected chi connectivity index (χ3v) is 5.44. The maximum absolute atomic E-state index is 12.5. The van der Waals surface area contributed by atoms with E-state index >= 15 is 0 Å². The number of hydrogen-bond donors (Lipinski definition) is 2. The maximum Gasteiger partial charge on any atom is 0.220 e. The monoisotopic (exact) mass is 350 g/mol. The summed E-state index contributed by atoms with van der Waals surface area (Å²) in [5.41, 5.74) is 3.33. The number of carbonyl (C=O) groups is 1. The van der Waals surface area contributed by atoms with Gasteiger partial charge in [0.2, 0.25) is 5.91 Å². The highest BCUT2D eigenvalue weighted by molar-refractivity contribution is 5.78. The molecule has 0 spiro atoms. The molecule has 0 aliphatic carbocycles. The minimum atomic E-state index is 0.0385. The summed E-state index contributed by atoms with van der Waals surface area (Å²) < 4.78 is 6.00. The quantitative estimate of drug-likeness (QED) is 0.865. The van der Waals surface area contributed by atoms with E-state index in [2.05, 4.69) is 41.0 Å². The molecule has 2 heterocycles. The van der Waals surface area contributed by atoms with E-state index in [0.717, 1.165) is 48.4 Å². The van der Waals surface area contributed by atoms with Crippen molar-refractivity contribution in [2.45, 2.75) is 31.7 Å². The van der Waals surface area contributed by atoms with E-state index < -0.39 is 0 Å². The molecule has 2 N–H and O–H groups in total. The van der Waals surface area contributed by atoms with Crippen LogP contribution in [0.2, 0.25) is 0 Å². The first kappa shape index (κ1) is 17.1. The molecule has 4 heteroatoms. The molecule has 1 saturated heterocycles. The molecule has 0 saturated carbocycles. The van der Waals surface area contributed by atoms with Crippen LogP contribution in [0.4, 0.5) is 0 Å². The first-order valence-electron chi connectivity index (χ1n) is 9.62. The summed E-state index contributed by atoms with van der Waals surface area (Å²) in [4.78, 5) is 12.5. The van der Waals surface area contributed by atoms with E-state index in [1.54, 1.807) is 0 Å². The zero-order valence-corrected chi connectivity index (χ0v) is 15.0. The van der Waals surface area contributed by atoms with Crippen LogP contribution in [-0.2, 0) is 4.79 Å². The van der Waals surface area contributed by atoms with Crippen LogP contribution in [-0.4, -0.2) is 25.6 Å². The maximum atomic E-state index is 12.5. The molecule has 2 aromatic rings. The largest absolute Gasteiger partial charge is 0.492 e. The first-order chi connectivity index (χ1) is 12.8. The molecular weight excluding hydrogens is 324 g/mol. The van der Waals surface area contributed by atoms with Crippen LogP contribution < -0.4 is 15.4 Å². The van der Waals surface area contributed by atoms with Crippen LogP contribution in [0.15, 0.2) is 48.5 Å². The molecular formula is C22H26N2O2.